The molecular formula is C57H58N3OPt-. The number of nitrogens with zero attached hydrogens (tertiary/aromatic N) is 3. The minimum Gasteiger partial charge on any atom is -0.507 e. The molecule has 0 radical (unpaired) electrons. The van der Waals surface area contributed by atoms with Crippen LogP contribution in [0.1, 0.15) is 118 Å². The molecule has 0 amide bonds. The maximum Gasteiger partial charge on any atom is 0.148 e. The number of phenols is 1. The van der Waals surface area contributed by atoms with Gasteiger partial charge in [-0.2, -0.15) is 0 Å². The van der Waals surface area contributed by atoms with E-state index in [1.165, 1.54) is 5.56 Å². The van der Waals surface area contributed by atoms with Gasteiger partial charge in [0.2, 0.25) is 0 Å². The molecule has 4 nitrogen and oxygen atoms in total. The average Bonchev–Trinajstić information content (AvgIpc) is 3.67. The van der Waals surface area contributed by atoms with E-state index in [-0.39, 0.29) is 55.0 Å². The summed E-state index contributed by atoms with van der Waals surface area (Å²) in [6, 6.07) is 36.4. The third-order valence-corrected chi connectivity index (χ3v) is 11.5. The number of benzene rings is 6. The molecule has 5 heteroatoms. The van der Waals surface area contributed by atoms with Crippen LogP contribution in [0.5, 0.6) is 5.75 Å². The van der Waals surface area contributed by atoms with Crippen LogP contribution in [-0.2, 0) is 31.9 Å². The van der Waals surface area contributed by atoms with E-state index < -0.39 is 36.6 Å². The van der Waals surface area contributed by atoms with Crippen LogP contribution in [0.3, 0.4) is 0 Å². The quantitative estimate of drug-likeness (QED) is 0.154. The summed E-state index contributed by atoms with van der Waals surface area (Å²) in [5, 5.41) is 12.3. The van der Waals surface area contributed by atoms with Gasteiger partial charge in [-0.1, -0.05) is 171 Å². The molecule has 2 aromatic heterocycles. The molecule has 0 fully saturated rings. The van der Waals surface area contributed by atoms with Crippen molar-refractivity contribution in [2.24, 2.45) is 0 Å². The van der Waals surface area contributed by atoms with Crippen molar-refractivity contribution in [3.63, 3.8) is 0 Å². The largest absolute Gasteiger partial charge is 0.507 e. The zero-order valence-electron chi connectivity index (χ0n) is 44.2. The van der Waals surface area contributed by atoms with Crippen molar-refractivity contribution in [1.29, 1.82) is 0 Å². The first-order valence-corrected chi connectivity index (χ1v) is 21.1. The number of hydrogen-bond acceptors (Lipinski definition) is 3. The van der Waals surface area contributed by atoms with Crippen molar-refractivity contribution in [2.45, 2.75) is 98.8 Å². The maximum absolute atomic E-state index is 12.3. The molecule has 0 spiro atoms. The number of fused-ring (bicyclic) bond motifs is 1. The SMILES string of the molecule is [2H]c1c([2H])c(C([2H])([2H])[2H])c([2H])c([2H])c1-c1ccnc(-c2[c-]c(-c3cccc4c3nc(-c3cc(C(C)C)cc(C(C)C)c3O)n4-c3ccc(C(C)(C)C)cc3-c3ccccc3)cc(C(C)(C)C)c2)c1.[Pt]. The van der Waals surface area contributed by atoms with E-state index in [1.807, 2.05) is 36.4 Å². The number of aromatic nitrogens is 3. The predicted octanol–water partition coefficient (Wildman–Crippen LogP) is 15.4. The van der Waals surface area contributed by atoms with E-state index in [4.69, 9.17) is 19.6 Å². The number of para-hydroxylation sites is 1. The molecule has 0 bridgehead atoms. The van der Waals surface area contributed by atoms with Crippen molar-refractivity contribution in [3.05, 3.63) is 167 Å². The molecule has 62 heavy (non-hydrogen) atoms. The Kier molecular flexibility index (Phi) is 10.0. The summed E-state index contributed by atoms with van der Waals surface area (Å²) >= 11 is 0. The van der Waals surface area contributed by atoms with Crippen molar-refractivity contribution in [3.8, 4) is 67.5 Å². The average molecular weight is 1000 g/mol. The van der Waals surface area contributed by atoms with Gasteiger partial charge < -0.3 is 5.11 Å². The van der Waals surface area contributed by atoms with Crippen molar-refractivity contribution in [1.82, 2.24) is 14.5 Å². The molecule has 0 aliphatic rings. The van der Waals surface area contributed by atoms with Gasteiger partial charge in [0.15, 0.2) is 0 Å². The number of phenolic OH excluding ortho intramolecular Hbond substituents is 1. The zero-order valence-corrected chi connectivity index (χ0v) is 39.4. The van der Waals surface area contributed by atoms with E-state index in [0.717, 1.165) is 50.1 Å². The fraction of sp³-hybridized carbons (Fsp3) is 0.263. The first kappa shape index (κ1) is 36.0. The summed E-state index contributed by atoms with van der Waals surface area (Å²) < 4.78 is 60.7. The van der Waals surface area contributed by atoms with Gasteiger partial charge in [-0.15, -0.1) is 29.3 Å². The fourth-order valence-corrected chi connectivity index (χ4v) is 7.89. The summed E-state index contributed by atoms with van der Waals surface area (Å²) in [7, 11) is 0. The molecule has 0 atom stereocenters. The Labute approximate surface area is 393 Å². The molecule has 0 aliphatic heterocycles. The Bertz CT molecular complexity index is 3220. The smallest absolute Gasteiger partial charge is 0.148 e. The first-order valence-electron chi connectivity index (χ1n) is 24.6. The number of imidazole rings is 1. The molecule has 0 saturated heterocycles. The van der Waals surface area contributed by atoms with Crippen molar-refractivity contribution >= 4 is 11.0 Å². The summed E-state index contributed by atoms with van der Waals surface area (Å²) in [6.07, 6.45) is 1.55. The van der Waals surface area contributed by atoms with Crippen LogP contribution in [0, 0.1) is 12.9 Å². The van der Waals surface area contributed by atoms with Gasteiger partial charge in [0.05, 0.1) is 27.8 Å². The fourth-order valence-electron chi connectivity index (χ4n) is 7.89. The second kappa shape index (κ2) is 17.3. The standard InChI is InChI=1S/C57H58N3O.Pt/c1-35(2)41-31-47(36(3)4)54(61)49(32-41)55-59-53-46(18-15-19-52(53)60(55)51-25-24-44(56(6,7)8)34-48(51)39-16-13-12-14-17-39)42-28-43(30-45(29-42)57(9,10)11)50-33-40(26-27-58-50)38-22-20-37(5)21-23-38;/h12-27,29-36,61H,1-11H3;/q-1;/i5D3,20D,21D,22D,23D;. The summed E-state index contributed by atoms with van der Waals surface area (Å²) in [4.78, 5) is 10.3. The molecule has 0 unspecified atom stereocenters. The molecule has 0 saturated carbocycles. The van der Waals surface area contributed by atoms with Gasteiger partial charge >= 0.3 is 0 Å². The van der Waals surface area contributed by atoms with E-state index >= 15 is 0 Å². The van der Waals surface area contributed by atoms with Crippen LogP contribution in [0.4, 0.5) is 0 Å². The van der Waals surface area contributed by atoms with Crippen LogP contribution < -0.4 is 0 Å². The topological polar surface area (TPSA) is 50.9 Å². The van der Waals surface area contributed by atoms with Gasteiger partial charge in [0.1, 0.15) is 11.6 Å². The van der Waals surface area contributed by atoms with Gasteiger partial charge in [-0.05, 0) is 93.2 Å². The van der Waals surface area contributed by atoms with Gasteiger partial charge in [0.25, 0.3) is 0 Å². The van der Waals surface area contributed by atoms with Crippen LogP contribution in [0.15, 0.2) is 133 Å². The van der Waals surface area contributed by atoms with Crippen LogP contribution in [0.25, 0.3) is 72.7 Å². The predicted molar refractivity (Wildman–Crippen MR) is 257 cm³/mol. The second-order valence-electron chi connectivity index (χ2n) is 18.7. The van der Waals surface area contributed by atoms with Crippen LogP contribution in [0.2, 0.25) is 0 Å². The molecule has 0 aliphatic carbocycles. The minimum absolute atomic E-state index is 0. The molecular weight excluding hydrogens is 938 g/mol. The first-order chi connectivity index (χ1) is 31.9. The Morgan fingerprint density at radius 2 is 1.37 bits per heavy atom. The van der Waals surface area contributed by atoms with Gasteiger partial charge in [-0.25, -0.2) is 4.98 Å². The number of aromatic hydroxyl groups is 1. The number of rotatable bonds is 8. The molecule has 1 N–H and O–H groups in total. The monoisotopic (exact) mass is 1000 g/mol. The molecule has 8 rings (SSSR count). The Morgan fingerprint density at radius 1 is 0.661 bits per heavy atom. The van der Waals surface area contributed by atoms with Crippen LogP contribution >= 0.6 is 0 Å². The Morgan fingerprint density at radius 3 is 2.03 bits per heavy atom. The minimum atomic E-state index is -2.82. The molecule has 318 valence electrons. The number of pyridine rings is 1. The normalized spacial score (nSPS) is 13.8. The van der Waals surface area contributed by atoms with Gasteiger partial charge in [-0.3, -0.25) is 9.55 Å². The van der Waals surface area contributed by atoms with Crippen LogP contribution in [-0.4, -0.2) is 19.6 Å². The molecule has 2 heterocycles. The van der Waals surface area contributed by atoms with Gasteiger partial charge in [0, 0.05) is 42.6 Å². The summed E-state index contributed by atoms with van der Waals surface area (Å²) in [5.74, 6) is 1.02. The summed E-state index contributed by atoms with van der Waals surface area (Å²) in [6.45, 7) is 18.7. The third kappa shape index (κ3) is 8.73. The molecule has 6 aromatic carbocycles. The second-order valence-corrected chi connectivity index (χ2v) is 18.7. The molecule has 8 aromatic rings. The summed E-state index contributed by atoms with van der Waals surface area (Å²) in [5.41, 5.74) is 11.2. The van der Waals surface area contributed by atoms with E-state index in [1.54, 1.807) is 18.3 Å². The Hall–Kier alpha value is -5.57. The van der Waals surface area contributed by atoms with Crippen molar-refractivity contribution < 1.29 is 35.8 Å². The zero-order chi connectivity index (χ0) is 49.4. The van der Waals surface area contributed by atoms with E-state index in [2.05, 4.69) is 134 Å². The maximum atomic E-state index is 12.3. The van der Waals surface area contributed by atoms with E-state index in [0.29, 0.717) is 33.7 Å². The third-order valence-electron chi connectivity index (χ3n) is 11.5. The van der Waals surface area contributed by atoms with E-state index in [9.17, 15) is 5.11 Å². The number of hydrogen-bond donors (Lipinski definition) is 1. The Balaban J connectivity index is 0.00000703. The van der Waals surface area contributed by atoms with Crippen molar-refractivity contribution in [2.75, 3.05) is 0 Å².